The number of guanidine groups is 1. The van der Waals surface area contributed by atoms with Crippen LogP contribution in [0.3, 0.4) is 0 Å². The largest absolute Gasteiger partial charge is 0.357 e. The van der Waals surface area contributed by atoms with Crippen molar-refractivity contribution in [2.24, 2.45) is 12.0 Å². The Morgan fingerprint density at radius 1 is 1.46 bits per heavy atom. The monoisotopic (exact) mass is 464 g/mol. The topological polar surface area (TPSA) is 50.4 Å². The number of halogens is 2. The zero-order valence-electron chi connectivity index (χ0n) is 14.4. The molecule has 0 atom stereocenters. The smallest absolute Gasteiger partial charge is 0.194 e. The van der Waals surface area contributed by atoms with E-state index in [4.69, 9.17) is 16.6 Å². The molecule has 0 aromatic carbocycles. The van der Waals surface area contributed by atoms with Crippen LogP contribution in [0.1, 0.15) is 19.0 Å². The Morgan fingerprint density at radius 3 is 2.83 bits per heavy atom. The fraction of sp³-hybridized carbons (Fsp3) is 0.500. The summed E-state index contributed by atoms with van der Waals surface area (Å²) in [5, 5.41) is 8.29. The first kappa shape index (κ1) is 20.8. The summed E-state index contributed by atoms with van der Waals surface area (Å²) in [5.41, 5.74) is 1.15. The van der Waals surface area contributed by atoms with Crippen molar-refractivity contribution in [2.45, 2.75) is 26.4 Å². The zero-order chi connectivity index (χ0) is 16.7. The van der Waals surface area contributed by atoms with Crippen molar-refractivity contribution < 1.29 is 0 Å². The van der Waals surface area contributed by atoms with E-state index < -0.39 is 0 Å². The quantitative estimate of drug-likeness (QED) is 0.297. The van der Waals surface area contributed by atoms with E-state index in [2.05, 4.69) is 22.2 Å². The van der Waals surface area contributed by atoms with E-state index in [9.17, 15) is 0 Å². The Morgan fingerprint density at radius 2 is 2.25 bits per heavy atom. The average Bonchev–Trinajstić information content (AvgIpc) is 3.12. The Labute approximate surface area is 165 Å². The maximum atomic E-state index is 6.05. The van der Waals surface area contributed by atoms with Crippen molar-refractivity contribution in [2.75, 3.05) is 20.1 Å². The van der Waals surface area contributed by atoms with Crippen LogP contribution in [0, 0.1) is 0 Å². The molecule has 0 radical (unpaired) electrons. The van der Waals surface area contributed by atoms with Gasteiger partial charge in [-0.2, -0.15) is 5.10 Å². The van der Waals surface area contributed by atoms with Crippen LogP contribution in [0.2, 0.25) is 5.02 Å². The number of hydrogen-bond donors (Lipinski definition) is 1. The van der Waals surface area contributed by atoms with Crippen LogP contribution in [0.5, 0.6) is 0 Å². The fourth-order valence-electron chi connectivity index (χ4n) is 2.36. The minimum Gasteiger partial charge on any atom is -0.357 e. The molecule has 0 saturated carbocycles. The number of hydrogen-bond acceptors (Lipinski definition) is 2. The summed E-state index contributed by atoms with van der Waals surface area (Å²) >= 11 is 6.05. The molecule has 0 amide bonds. The van der Waals surface area contributed by atoms with Gasteiger partial charge in [-0.05, 0) is 25.5 Å². The van der Waals surface area contributed by atoms with Gasteiger partial charge in [0.05, 0.1) is 11.6 Å². The molecule has 134 valence electrons. The van der Waals surface area contributed by atoms with Gasteiger partial charge in [0.2, 0.25) is 0 Å². The molecule has 0 bridgehead atoms. The van der Waals surface area contributed by atoms with Crippen molar-refractivity contribution in [3.63, 3.8) is 0 Å². The summed E-state index contributed by atoms with van der Waals surface area (Å²) in [6, 6.07) is 3.92. The third-order valence-corrected chi connectivity index (χ3v) is 3.74. The molecule has 0 aliphatic rings. The highest BCUT2D eigenvalue weighted by Crippen LogP contribution is 2.14. The summed E-state index contributed by atoms with van der Waals surface area (Å²) in [6.45, 7) is 5.32. The molecule has 0 aliphatic heterocycles. The summed E-state index contributed by atoms with van der Waals surface area (Å²) in [7, 11) is 4.04. The van der Waals surface area contributed by atoms with Gasteiger partial charge >= 0.3 is 0 Å². The summed E-state index contributed by atoms with van der Waals surface area (Å²) in [6.07, 6.45) is 6.64. The van der Waals surface area contributed by atoms with Crippen LogP contribution < -0.4 is 5.32 Å². The number of aliphatic imine (C=N–C) groups is 1. The van der Waals surface area contributed by atoms with Crippen molar-refractivity contribution >= 4 is 41.5 Å². The molecule has 8 heteroatoms. The Hall–Kier alpha value is -1.22. The zero-order valence-corrected chi connectivity index (χ0v) is 17.5. The molecule has 2 rings (SSSR count). The second-order valence-corrected chi connectivity index (χ2v) is 5.91. The van der Waals surface area contributed by atoms with Crippen LogP contribution >= 0.6 is 35.6 Å². The summed E-state index contributed by atoms with van der Waals surface area (Å²) < 4.78 is 3.97. The minimum atomic E-state index is 0. The molecular weight excluding hydrogens is 439 g/mol. The molecule has 0 aliphatic carbocycles. The lowest BCUT2D eigenvalue weighted by atomic mass is 10.4. The van der Waals surface area contributed by atoms with Crippen molar-refractivity contribution in [1.82, 2.24) is 24.6 Å². The third kappa shape index (κ3) is 6.35. The highest BCUT2D eigenvalue weighted by molar-refractivity contribution is 14.0. The van der Waals surface area contributed by atoms with Gasteiger partial charge in [0.15, 0.2) is 5.96 Å². The number of rotatable bonds is 7. The first-order chi connectivity index (χ1) is 11.1. The summed E-state index contributed by atoms with van der Waals surface area (Å²) in [4.78, 5) is 6.81. The molecule has 2 heterocycles. The van der Waals surface area contributed by atoms with E-state index in [-0.39, 0.29) is 24.0 Å². The number of nitrogens with one attached hydrogen (secondary N) is 1. The molecule has 0 spiro atoms. The second kappa shape index (κ2) is 10.6. The van der Waals surface area contributed by atoms with E-state index in [1.807, 2.05) is 47.9 Å². The van der Waals surface area contributed by atoms with Crippen LogP contribution in [0.4, 0.5) is 0 Å². The summed E-state index contributed by atoms with van der Waals surface area (Å²) in [5.74, 6) is 0.908. The average molecular weight is 465 g/mol. The Bertz CT molecular complexity index is 623. The van der Waals surface area contributed by atoms with Crippen molar-refractivity contribution in [3.05, 3.63) is 41.4 Å². The molecule has 2 aromatic rings. The molecule has 24 heavy (non-hydrogen) atoms. The third-order valence-electron chi connectivity index (χ3n) is 3.54. The van der Waals surface area contributed by atoms with Gasteiger partial charge in [0.1, 0.15) is 0 Å². The highest BCUT2D eigenvalue weighted by Gasteiger charge is 2.09. The lowest BCUT2D eigenvalue weighted by Gasteiger charge is -2.22. The molecule has 1 N–H and O–H groups in total. The van der Waals surface area contributed by atoms with Crippen LogP contribution in [-0.2, 0) is 20.1 Å². The second-order valence-electron chi connectivity index (χ2n) is 5.47. The van der Waals surface area contributed by atoms with E-state index in [0.29, 0.717) is 0 Å². The molecule has 0 unspecified atom stereocenters. The van der Waals surface area contributed by atoms with Crippen LogP contribution in [0.25, 0.3) is 0 Å². The van der Waals surface area contributed by atoms with E-state index >= 15 is 0 Å². The molecule has 6 nitrogen and oxygen atoms in total. The molecule has 0 fully saturated rings. The molecule has 0 saturated heterocycles. The van der Waals surface area contributed by atoms with Gasteiger partial charge in [0.25, 0.3) is 0 Å². The Balaban J connectivity index is 0.00000288. The first-order valence-electron chi connectivity index (χ1n) is 7.87. The van der Waals surface area contributed by atoms with Gasteiger partial charge in [-0.3, -0.25) is 9.67 Å². The van der Waals surface area contributed by atoms with Crippen molar-refractivity contribution in [3.8, 4) is 0 Å². The van der Waals surface area contributed by atoms with E-state index in [0.717, 1.165) is 49.3 Å². The molecule has 2 aromatic heterocycles. The fourth-order valence-corrected chi connectivity index (χ4v) is 2.63. The number of nitrogens with zero attached hydrogens (tertiary/aromatic N) is 5. The lowest BCUT2D eigenvalue weighted by Crippen LogP contribution is -2.38. The maximum Gasteiger partial charge on any atom is 0.194 e. The normalized spacial score (nSPS) is 11.2. The van der Waals surface area contributed by atoms with E-state index in [1.54, 1.807) is 6.20 Å². The van der Waals surface area contributed by atoms with Crippen LogP contribution in [-0.4, -0.2) is 45.3 Å². The van der Waals surface area contributed by atoms with Gasteiger partial charge in [-0.15, -0.1) is 24.0 Å². The lowest BCUT2D eigenvalue weighted by molar-refractivity contribution is 0.460. The number of aryl methyl sites for hydroxylation is 2. The SMILES string of the molecule is CCNC(=NCCCn1cccn1)N(C)Cc1cc(Cl)cn1C.I. The van der Waals surface area contributed by atoms with E-state index in [1.165, 1.54) is 0 Å². The minimum absolute atomic E-state index is 0. The van der Waals surface area contributed by atoms with Gasteiger partial charge in [-0.1, -0.05) is 11.6 Å². The standard InChI is InChI=1S/C16H25ClN6.HI/c1-4-18-16(19-7-5-9-23-10-6-8-20-23)22(3)13-15-11-14(17)12-21(15)2;/h6,8,10-12H,4-5,7,9,13H2,1-3H3,(H,18,19);1H. The first-order valence-corrected chi connectivity index (χ1v) is 8.25. The predicted octanol–water partition coefficient (Wildman–Crippen LogP) is 2.98. The number of aromatic nitrogens is 3. The highest BCUT2D eigenvalue weighted by atomic mass is 127. The van der Waals surface area contributed by atoms with Crippen LogP contribution in [0.15, 0.2) is 35.7 Å². The van der Waals surface area contributed by atoms with Gasteiger partial charge in [0, 0.05) is 58.0 Å². The van der Waals surface area contributed by atoms with Crippen molar-refractivity contribution in [1.29, 1.82) is 0 Å². The Kier molecular flexibility index (Phi) is 9.20. The maximum absolute atomic E-state index is 6.05. The molecular formula is C16H26ClIN6. The van der Waals surface area contributed by atoms with Gasteiger partial charge < -0.3 is 14.8 Å². The predicted molar refractivity (Wildman–Crippen MR) is 110 cm³/mol. The van der Waals surface area contributed by atoms with Gasteiger partial charge in [-0.25, -0.2) is 0 Å².